The monoisotopic (exact) mass is 339 g/mol. The smallest absolute Gasteiger partial charge is 0.247 e. The van der Waals surface area contributed by atoms with E-state index in [1.807, 2.05) is 0 Å². The Morgan fingerprint density at radius 1 is 1.40 bits per heavy atom. The van der Waals surface area contributed by atoms with Crippen LogP contribution < -0.4 is 0 Å². The Labute approximate surface area is 125 Å². The summed E-state index contributed by atoms with van der Waals surface area (Å²) in [5, 5.41) is -0.144. The fraction of sp³-hybridized carbons (Fsp3) is 0.500. The van der Waals surface area contributed by atoms with E-state index in [9.17, 15) is 17.0 Å². The van der Waals surface area contributed by atoms with Crippen LogP contribution in [0.4, 0.5) is 4.39 Å². The molecule has 0 unspecified atom stereocenters. The first-order valence-corrected chi connectivity index (χ1v) is 9.12. The highest BCUT2D eigenvalue weighted by Crippen LogP contribution is 2.30. The number of halogens is 2. The average Bonchev–Trinajstić information content (AvgIpc) is 2.32. The third kappa shape index (κ3) is 2.77. The molecule has 112 valence electrons. The van der Waals surface area contributed by atoms with Crippen molar-refractivity contribution in [1.82, 2.24) is 4.31 Å². The van der Waals surface area contributed by atoms with E-state index in [4.69, 9.17) is 11.6 Å². The molecule has 0 N–H and O–H groups in total. The third-order valence-corrected chi connectivity index (χ3v) is 7.48. The van der Waals surface area contributed by atoms with Crippen LogP contribution in [0.25, 0.3) is 0 Å². The van der Waals surface area contributed by atoms with Crippen molar-refractivity contribution in [3.8, 4) is 0 Å². The van der Waals surface area contributed by atoms with Crippen LogP contribution in [-0.4, -0.2) is 40.5 Å². The third-order valence-electron chi connectivity index (χ3n) is 3.22. The number of hydrogen-bond donors (Lipinski definition) is 0. The van der Waals surface area contributed by atoms with E-state index >= 15 is 0 Å². The highest BCUT2D eigenvalue weighted by Gasteiger charge is 2.40. The zero-order valence-electron chi connectivity index (χ0n) is 11.1. The van der Waals surface area contributed by atoms with Gasteiger partial charge in [-0.2, -0.15) is 4.31 Å². The van der Waals surface area contributed by atoms with Gasteiger partial charge in [0.25, 0.3) is 0 Å². The first-order chi connectivity index (χ1) is 9.16. The van der Waals surface area contributed by atoms with Crippen LogP contribution in [0.3, 0.4) is 0 Å². The maximum absolute atomic E-state index is 13.8. The molecule has 0 spiro atoms. The standard InChI is InChI=1S/C12H15ClFNO3S2/c1-12(2)8-15(6-7-19(12)16)20(17,18)11-9(13)4-3-5-10(11)14/h3-5H,6-8H2,1-2H3/t19-/m0/s1. The first-order valence-electron chi connectivity index (χ1n) is 5.99. The number of nitrogens with zero attached hydrogens (tertiary/aromatic N) is 1. The molecule has 8 heteroatoms. The van der Waals surface area contributed by atoms with Crippen LogP contribution in [0, 0.1) is 5.82 Å². The summed E-state index contributed by atoms with van der Waals surface area (Å²) in [6.07, 6.45) is 0. The van der Waals surface area contributed by atoms with Gasteiger partial charge in [0.15, 0.2) is 0 Å². The van der Waals surface area contributed by atoms with Gasteiger partial charge in [0, 0.05) is 29.6 Å². The lowest BCUT2D eigenvalue weighted by Crippen LogP contribution is -2.52. The average molecular weight is 340 g/mol. The fourth-order valence-corrected chi connectivity index (χ4v) is 5.70. The van der Waals surface area contributed by atoms with Gasteiger partial charge in [0.1, 0.15) is 10.7 Å². The Hall–Kier alpha value is -0.500. The molecule has 1 aromatic rings. The van der Waals surface area contributed by atoms with Crippen LogP contribution in [0.1, 0.15) is 13.8 Å². The Kier molecular flexibility index (Phi) is 4.26. The Morgan fingerprint density at radius 3 is 2.60 bits per heavy atom. The molecule has 0 saturated carbocycles. The first kappa shape index (κ1) is 15.9. The van der Waals surface area contributed by atoms with Gasteiger partial charge in [-0.25, -0.2) is 12.8 Å². The summed E-state index contributed by atoms with van der Waals surface area (Å²) in [5.41, 5.74) is 0. The molecule has 0 aromatic heterocycles. The lowest BCUT2D eigenvalue weighted by Gasteiger charge is -2.36. The van der Waals surface area contributed by atoms with Gasteiger partial charge in [-0.1, -0.05) is 17.7 Å². The number of rotatable bonds is 2. The predicted molar refractivity (Wildman–Crippen MR) is 77.3 cm³/mol. The molecule has 2 rings (SSSR count). The van der Waals surface area contributed by atoms with Gasteiger partial charge in [-0.05, 0) is 26.0 Å². The van der Waals surface area contributed by atoms with Gasteiger partial charge in [0.2, 0.25) is 10.0 Å². The molecule has 0 amide bonds. The summed E-state index contributed by atoms with van der Waals surface area (Å²) in [6, 6.07) is 3.75. The molecular weight excluding hydrogens is 325 g/mol. The summed E-state index contributed by atoms with van der Waals surface area (Å²) in [5.74, 6) is -0.639. The van der Waals surface area contributed by atoms with Crippen molar-refractivity contribution >= 4 is 32.4 Å². The highest BCUT2D eigenvalue weighted by atomic mass is 35.5. The molecule has 1 aromatic carbocycles. The van der Waals surface area contributed by atoms with E-state index in [0.29, 0.717) is 0 Å². The van der Waals surface area contributed by atoms with Crippen LogP contribution >= 0.6 is 11.6 Å². The second kappa shape index (κ2) is 5.36. The molecule has 0 bridgehead atoms. The lowest BCUT2D eigenvalue weighted by molar-refractivity contribution is 0.376. The Bertz CT molecular complexity index is 640. The van der Waals surface area contributed by atoms with Crippen molar-refractivity contribution in [2.75, 3.05) is 18.8 Å². The number of sulfonamides is 1. The van der Waals surface area contributed by atoms with Crippen molar-refractivity contribution in [3.05, 3.63) is 29.0 Å². The molecule has 1 aliphatic heterocycles. The van der Waals surface area contributed by atoms with Crippen molar-refractivity contribution in [2.24, 2.45) is 0 Å². The predicted octanol–water partition coefficient (Wildman–Crippen LogP) is 2.01. The van der Waals surface area contributed by atoms with E-state index in [1.54, 1.807) is 13.8 Å². The van der Waals surface area contributed by atoms with Crippen LogP contribution in [0.5, 0.6) is 0 Å². The van der Waals surface area contributed by atoms with E-state index in [0.717, 1.165) is 10.4 Å². The van der Waals surface area contributed by atoms with Gasteiger partial charge in [-0.15, -0.1) is 0 Å². The second-order valence-corrected chi connectivity index (χ2v) is 9.69. The van der Waals surface area contributed by atoms with Crippen molar-refractivity contribution in [3.63, 3.8) is 0 Å². The van der Waals surface area contributed by atoms with Crippen LogP contribution in [0.15, 0.2) is 23.1 Å². The fourth-order valence-electron chi connectivity index (χ4n) is 2.10. The molecule has 1 saturated heterocycles. The summed E-state index contributed by atoms with van der Waals surface area (Å²) in [7, 11) is -5.13. The van der Waals surface area contributed by atoms with Crippen molar-refractivity contribution < 1.29 is 17.0 Å². The molecule has 1 aliphatic rings. The van der Waals surface area contributed by atoms with Crippen LogP contribution in [-0.2, 0) is 20.8 Å². The van der Waals surface area contributed by atoms with Gasteiger partial charge in [0.05, 0.1) is 9.77 Å². The van der Waals surface area contributed by atoms with E-state index in [-0.39, 0.29) is 23.9 Å². The van der Waals surface area contributed by atoms with E-state index in [1.165, 1.54) is 12.1 Å². The molecular formula is C12H15ClFNO3S2. The highest BCUT2D eigenvalue weighted by molar-refractivity contribution is 7.90. The maximum Gasteiger partial charge on any atom is 0.247 e. The minimum absolute atomic E-state index is 0.0760. The summed E-state index contributed by atoms with van der Waals surface area (Å²) >= 11 is 5.83. The second-order valence-electron chi connectivity index (χ2n) is 5.20. The topological polar surface area (TPSA) is 54.5 Å². The van der Waals surface area contributed by atoms with Gasteiger partial charge in [-0.3, -0.25) is 4.21 Å². The largest absolute Gasteiger partial charge is 0.259 e. The SMILES string of the molecule is CC1(C)CN(S(=O)(=O)c2c(F)cccc2Cl)CC[S@@]1=O. The Morgan fingerprint density at radius 2 is 2.05 bits per heavy atom. The van der Waals surface area contributed by atoms with E-state index in [2.05, 4.69) is 0 Å². The summed E-state index contributed by atoms with van der Waals surface area (Å²) < 4.78 is 51.2. The van der Waals surface area contributed by atoms with Gasteiger partial charge < -0.3 is 0 Å². The minimum Gasteiger partial charge on any atom is -0.259 e. The lowest BCUT2D eigenvalue weighted by atomic mass is 10.2. The molecule has 0 aliphatic carbocycles. The van der Waals surface area contributed by atoms with Gasteiger partial charge >= 0.3 is 0 Å². The minimum atomic E-state index is -4.03. The molecule has 20 heavy (non-hydrogen) atoms. The van der Waals surface area contributed by atoms with Crippen LogP contribution in [0.2, 0.25) is 5.02 Å². The zero-order chi connectivity index (χ0) is 15.1. The van der Waals surface area contributed by atoms with Crippen molar-refractivity contribution in [1.29, 1.82) is 0 Å². The summed E-state index contributed by atoms with van der Waals surface area (Å²) in [6.45, 7) is 3.64. The zero-order valence-corrected chi connectivity index (χ0v) is 13.5. The Balaban J connectivity index is 2.44. The normalized spacial score (nSPS) is 23.7. The number of benzene rings is 1. The summed E-state index contributed by atoms with van der Waals surface area (Å²) in [4.78, 5) is -0.509. The molecule has 4 nitrogen and oxygen atoms in total. The molecule has 0 radical (unpaired) electrons. The molecule has 1 atom stereocenters. The maximum atomic E-state index is 13.8. The molecule has 1 fully saturated rings. The number of hydrogen-bond acceptors (Lipinski definition) is 3. The quantitative estimate of drug-likeness (QED) is 0.828. The molecule has 1 heterocycles. The van der Waals surface area contributed by atoms with Crippen molar-refractivity contribution in [2.45, 2.75) is 23.5 Å². The van der Waals surface area contributed by atoms with E-state index < -0.39 is 36.3 Å².